The minimum atomic E-state index is -0.355. The topological polar surface area (TPSA) is 50.5 Å². The molecule has 1 aliphatic heterocycles. The standard InChI is InChI=1S/C20H12ClNO3S/c21-14-6-4-5-13(11-14)17-10-9-16(25-17)12-18-19(23)22(20(24)26-18)15-7-2-1-3-8-15/h1-12H. The molecule has 128 valence electrons. The number of halogens is 1. The highest BCUT2D eigenvalue weighted by Crippen LogP contribution is 2.36. The summed E-state index contributed by atoms with van der Waals surface area (Å²) in [5.41, 5.74) is 1.40. The van der Waals surface area contributed by atoms with Crippen LogP contribution in [0.5, 0.6) is 0 Å². The fourth-order valence-electron chi connectivity index (χ4n) is 2.62. The van der Waals surface area contributed by atoms with Crippen LogP contribution in [0.25, 0.3) is 17.4 Å². The summed E-state index contributed by atoms with van der Waals surface area (Å²) >= 11 is 6.90. The molecule has 26 heavy (non-hydrogen) atoms. The minimum Gasteiger partial charge on any atom is -0.457 e. The van der Waals surface area contributed by atoms with Gasteiger partial charge in [-0.05, 0) is 48.2 Å². The van der Waals surface area contributed by atoms with Gasteiger partial charge in [-0.25, -0.2) is 4.90 Å². The van der Waals surface area contributed by atoms with E-state index in [2.05, 4.69) is 0 Å². The van der Waals surface area contributed by atoms with Crippen LogP contribution in [0.15, 0.2) is 76.1 Å². The Bertz CT molecular complexity index is 1030. The van der Waals surface area contributed by atoms with E-state index in [0.717, 1.165) is 22.2 Å². The highest BCUT2D eigenvalue weighted by Gasteiger charge is 2.36. The quantitative estimate of drug-likeness (QED) is 0.535. The van der Waals surface area contributed by atoms with Gasteiger partial charge in [-0.1, -0.05) is 41.9 Å². The minimum absolute atomic E-state index is 0.325. The van der Waals surface area contributed by atoms with Crippen LogP contribution >= 0.6 is 23.4 Å². The van der Waals surface area contributed by atoms with Crippen molar-refractivity contribution in [2.24, 2.45) is 0 Å². The van der Waals surface area contributed by atoms with E-state index in [0.29, 0.717) is 27.1 Å². The van der Waals surface area contributed by atoms with Crippen molar-refractivity contribution in [3.63, 3.8) is 0 Å². The van der Waals surface area contributed by atoms with Crippen molar-refractivity contribution < 1.29 is 14.0 Å². The zero-order chi connectivity index (χ0) is 18.1. The van der Waals surface area contributed by atoms with E-state index in [1.807, 2.05) is 18.2 Å². The molecule has 0 spiro atoms. The van der Waals surface area contributed by atoms with Crippen molar-refractivity contribution in [3.8, 4) is 11.3 Å². The van der Waals surface area contributed by atoms with Crippen molar-refractivity contribution >= 4 is 46.3 Å². The number of carbonyl (C=O) groups is 2. The number of nitrogens with zero attached hydrogens (tertiary/aromatic N) is 1. The number of carbonyl (C=O) groups excluding carboxylic acids is 2. The number of hydrogen-bond donors (Lipinski definition) is 0. The van der Waals surface area contributed by atoms with Gasteiger partial charge in [-0.3, -0.25) is 9.59 Å². The van der Waals surface area contributed by atoms with Gasteiger partial charge in [-0.2, -0.15) is 0 Å². The highest BCUT2D eigenvalue weighted by atomic mass is 35.5. The van der Waals surface area contributed by atoms with Crippen LogP contribution in [0.3, 0.4) is 0 Å². The second kappa shape index (κ2) is 6.86. The molecule has 0 radical (unpaired) electrons. The maximum absolute atomic E-state index is 12.6. The first-order valence-electron chi connectivity index (χ1n) is 7.80. The molecule has 2 amide bonds. The summed E-state index contributed by atoms with van der Waals surface area (Å²) in [6.45, 7) is 0. The molecule has 1 aromatic heterocycles. The maximum Gasteiger partial charge on any atom is 0.298 e. The number of rotatable bonds is 3. The lowest BCUT2D eigenvalue weighted by molar-refractivity contribution is -0.113. The Morgan fingerprint density at radius 1 is 0.962 bits per heavy atom. The zero-order valence-electron chi connectivity index (χ0n) is 13.4. The summed E-state index contributed by atoms with van der Waals surface area (Å²) in [7, 11) is 0. The maximum atomic E-state index is 12.6. The average Bonchev–Trinajstić information content (AvgIpc) is 3.21. The summed E-state index contributed by atoms with van der Waals surface area (Å²) in [5.74, 6) is 0.784. The van der Waals surface area contributed by atoms with E-state index in [1.165, 1.54) is 0 Å². The molecule has 1 aliphatic rings. The molecular weight excluding hydrogens is 370 g/mol. The summed E-state index contributed by atoms with van der Waals surface area (Å²) in [4.78, 5) is 26.3. The molecular formula is C20H12ClNO3S. The average molecular weight is 382 g/mol. The number of hydrogen-bond acceptors (Lipinski definition) is 4. The Kier molecular flexibility index (Phi) is 4.41. The van der Waals surface area contributed by atoms with Gasteiger partial charge in [0.05, 0.1) is 10.6 Å². The van der Waals surface area contributed by atoms with E-state index in [1.54, 1.807) is 54.6 Å². The third-order valence-electron chi connectivity index (χ3n) is 3.82. The first-order valence-corrected chi connectivity index (χ1v) is 9.00. The second-order valence-electron chi connectivity index (χ2n) is 5.57. The highest BCUT2D eigenvalue weighted by molar-refractivity contribution is 8.19. The molecule has 0 saturated carbocycles. The number of furan rings is 1. The Labute approximate surface area is 159 Å². The molecule has 0 unspecified atom stereocenters. The van der Waals surface area contributed by atoms with E-state index >= 15 is 0 Å². The SMILES string of the molecule is O=C1SC(=Cc2ccc(-c3cccc(Cl)c3)o2)C(=O)N1c1ccccc1. The van der Waals surface area contributed by atoms with E-state index in [-0.39, 0.29) is 11.1 Å². The predicted octanol–water partition coefficient (Wildman–Crippen LogP) is 5.84. The lowest BCUT2D eigenvalue weighted by Gasteiger charge is -2.11. The van der Waals surface area contributed by atoms with Crippen LogP contribution in [-0.2, 0) is 4.79 Å². The summed E-state index contributed by atoms with van der Waals surface area (Å²) < 4.78 is 5.78. The smallest absolute Gasteiger partial charge is 0.298 e. The van der Waals surface area contributed by atoms with Gasteiger partial charge in [0.25, 0.3) is 11.1 Å². The van der Waals surface area contributed by atoms with Crippen LogP contribution < -0.4 is 4.90 Å². The van der Waals surface area contributed by atoms with Crippen molar-refractivity contribution in [2.45, 2.75) is 0 Å². The number of anilines is 1. The molecule has 1 saturated heterocycles. The first-order chi connectivity index (χ1) is 12.6. The Hall–Kier alpha value is -2.76. The van der Waals surface area contributed by atoms with Gasteiger partial charge < -0.3 is 4.42 Å². The van der Waals surface area contributed by atoms with Crippen LogP contribution in [0.2, 0.25) is 5.02 Å². The molecule has 4 rings (SSSR count). The van der Waals surface area contributed by atoms with Crippen molar-refractivity contribution in [3.05, 3.63) is 82.4 Å². The normalized spacial score (nSPS) is 15.9. The van der Waals surface area contributed by atoms with Crippen molar-refractivity contribution in [1.82, 2.24) is 0 Å². The second-order valence-corrected chi connectivity index (χ2v) is 6.99. The monoisotopic (exact) mass is 381 g/mol. The fourth-order valence-corrected chi connectivity index (χ4v) is 3.64. The van der Waals surface area contributed by atoms with E-state index < -0.39 is 0 Å². The number of amides is 2. The molecule has 1 fully saturated rings. The van der Waals surface area contributed by atoms with Crippen LogP contribution in [0.1, 0.15) is 5.76 Å². The number of benzene rings is 2. The Morgan fingerprint density at radius 2 is 1.77 bits per heavy atom. The van der Waals surface area contributed by atoms with Gasteiger partial charge in [-0.15, -0.1) is 0 Å². The summed E-state index contributed by atoms with van der Waals surface area (Å²) in [6.07, 6.45) is 1.59. The lowest BCUT2D eigenvalue weighted by atomic mass is 10.2. The van der Waals surface area contributed by atoms with E-state index in [4.69, 9.17) is 16.0 Å². The van der Waals surface area contributed by atoms with Gasteiger partial charge in [0.1, 0.15) is 11.5 Å². The fraction of sp³-hybridized carbons (Fsp3) is 0. The van der Waals surface area contributed by atoms with E-state index in [9.17, 15) is 9.59 Å². The third-order valence-corrected chi connectivity index (χ3v) is 4.92. The summed E-state index contributed by atoms with van der Waals surface area (Å²) in [6, 6.07) is 19.7. The van der Waals surface area contributed by atoms with Crippen LogP contribution in [0, 0.1) is 0 Å². The van der Waals surface area contributed by atoms with Gasteiger partial charge in [0, 0.05) is 16.7 Å². The molecule has 2 aromatic carbocycles. The third kappa shape index (κ3) is 3.19. The lowest BCUT2D eigenvalue weighted by Crippen LogP contribution is -2.27. The van der Waals surface area contributed by atoms with Gasteiger partial charge in [0.2, 0.25) is 0 Å². The van der Waals surface area contributed by atoms with Crippen LogP contribution in [-0.4, -0.2) is 11.1 Å². The molecule has 0 aliphatic carbocycles. The molecule has 3 aromatic rings. The summed E-state index contributed by atoms with van der Waals surface area (Å²) in [5, 5.41) is 0.290. The molecule has 2 heterocycles. The van der Waals surface area contributed by atoms with Gasteiger partial charge >= 0.3 is 0 Å². The Morgan fingerprint density at radius 3 is 2.54 bits per heavy atom. The number of para-hydroxylation sites is 1. The predicted molar refractivity (Wildman–Crippen MR) is 104 cm³/mol. The molecule has 6 heteroatoms. The molecule has 0 bridgehead atoms. The Balaban J connectivity index is 1.62. The first kappa shape index (κ1) is 16.7. The molecule has 0 atom stereocenters. The van der Waals surface area contributed by atoms with Crippen molar-refractivity contribution in [2.75, 3.05) is 4.90 Å². The zero-order valence-corrected chi connectivity index (χ0v) is 15.0. The number of imide groups is 1. The largest absolute Gasteiger partial charge is 0.457 e. The molecule has 4 nitrogen and oxygen atoms in total. The number of thioether (sulfide) groups is 1. The van der Waals surface area contributed by atoms with Crippen LogP contribution in [0.4, 0.5) is 10.5 Å². The molecule has 0 N–H and O–H groups in total. The van der Waals surface area contributed by atoms with Gasteiger partial charge in [0.15, 0.2) is 0 Å². The van der Waals surface area contributed by atoms with Crippen molar-refractivity contribution in [1.29, 1.82) is 0 Å².